The third-order valence-electron chi connectivity index (χ3n) is 2.09. The first kappa shape index (κ1) is 14.3. The van der Waals surface area contributed by atoms with Crippen molar-refractivity contribution in [3.8, 4) is 0 Å². The first-order valence-electron chi connectivity index (χ1n) is 5.04. The Labute approximate surface area is 101 Å². The summed E-state index contributed by atoms with van der Waals surface area (Å²) >= 11 is 0. The fourth-order valence-electron chi connectivity index (χ4n) is 1.33. The van der Waals surface area contributed by atoms with Gasteiger partial charge >= 0.3 is 12.3 Å². The molecule has 1 aromatic rings. The molecule has 0 radical (unpaired) electrons. The van der Waals surface area contributed by atoms with E-state index in [1.165, 1.54) is 6.07 Å². The molecule has 7 heteroatoms. The highest BCUT2D eigenvalue weighted by molar-refractivity contribution is 5.96. The average molecular weight is 263 g/mol. The number of halogens is 3. The molecule has 0 saturated heterocycles. The zero-order chi connectivity index (χ0) is 13.8. The summed E-state index contributed by atoms with van der Waals surface area (Å²) in [5.41, 5.74) is 6.55. The number of hydrogen-bond donors (Lipinski definition) is 1. The predicted molar refractivity (Wildman–Crippen MR) is 57.9 cm³/mol. The topological polar surface area (TPSA) is 61.6 Å². The number of esters is 1. The molecule has 100 valence electrons. The number of ether oxygens (including phenoxy) is 2. The van der Waals surface area contributed by atoms with Crippen LogP contribution in [0.1, 0.15) is 15.9 Å². The third kappa shape index (κ3) is 4.25. The van der Waals surface area contributed by atoms with E-state index < -0.39 is 25.5 Å². The number of rotatable bonds is 4. The highest BCUT2D eigenvalue weighted by atomic mass is 19.4. The number of carbonyl (C=O) groups is 1. The van der Waals surface area contributed by atoms with Crippen LogP contribution in [0, 0.1) is 6.92 Å². The zero-order valence-corrected chi connectivity index (χ0v) is 9.58. The summed E-state index contributed by atoms with van der Waals surface area (Å²) in [7, 11) is 0. The van der Waals surface area contributed by atoms with Gasteiger partial charge < -0.3 is 10.5 Å². The zero-order valence-electron chi connectivity index (χ0n) is 9.58. The van der Waals surface area contributed by atoms with Crippen LogP contribution < -0.4 is 5.73 Å². The lowest BCUT2D eigenvalue weighted by Crippen LogP contribution is -2.19. The number of anilines is 1. The molecule has 4 nitrogen and oxygen atoms in total. The fraction of sp³-hybridized carbons (Fsp3) is 0.364. The molecular formula is C11H12F3NO3. The Hall–Kier alpha value is -1.76. The van der Waals surface area contributed by atoms with Crippen LogP contribution in [0.5, 0.6) is 0 Å². The number of benzene rings is 1. The second-order valence-electron chi connectivity index (χ2n) is 3.47. The lowest BCUT2D eigenvalue weighted by Gasteiger charge is -2.10. The van der Waals surface area contributed by atoms with E-state index in [0.717, 1.165) is 0 Å². The van der Waals surface area contributed by atoms with Crippen LogP contribution in [-0.4, -0.2) is 25.5 Å². The van der Waals surface area contributed by atoms with Gasteiger partial charge in [-0.25, -0.2) is 4.79 Å². The fourth-order valence-corrected chi connectivity index (χ4v) is 1.33. The molecule has 18 heavy (non-hydrogen) atoms. The van der Waals surface area contributed by atoms with Crippen LogP contribution in [0.3, 0.4) is 0 Å². The van der Waals surface area contributed by atoms with Gasteiger partial charge in [0.05, 0.1) is 12.2 Å². The monoisotopic (exact) mass is 263 g/mol. The number of alkyl halides is 3. The Morgan fingerprint density at radius 1 is 1.33 bits per heavy atom. The first-order chi connectivity index (χ1) is 8.31. The number of aryl methyl sites for hydroxylation is 1. The average Bonchev–Trinajstić information content (AvgIpc) is 2.23. The van der Waals surface area contributed by atoms with E-state index in [2.05, 4.69) is 9.47 Å². The van der Waals surface area contributed by atoms with Gasteiger partial charge in [0.25, 0.3) is 0 Å². The molecule has 0 unspecified atom stereocenters. The molecule has 0 aliphatic rings. The second-order valence-corrected chi connectivity index (χ2v) is 3.47. The Kier molecular flexibility index (Phi) is 4.55. The van der Waals surface area contributed by atoms with Gasteiger partial charge in [0.15, 0.2) is 0 Å². The minimum absolute atomic E-state index is 0.157. The molecule has 1 rings (SSSR count). The van der Waals surface area contributed by atoms with E-state index in [1.807, 2.05) is 0 Å². The van der Waals surface area contributed by atoms with Crippen molar-refractivity contribution in [3.05, 3.63) is 29.3 Å². The van der Waals surface area contributed by atoms with Crippen molar-refractivity contribution in [2.75, 3.05) is 18.9 Å². The lowest BCUT2D eigenvalue weighted by atomic mass is 10.1. The van der Waals surface area contributed by atoms with Crippen molar-refractivity contribution in [3.63, 3.8) is 0 Å². The number of nitrogens with two attached hydrogens (primary N) is 1. The Morgan fingerprint density at radius 2 is 2.00 bits per heavy atom. The van der Waals surface area contributed by atoms with E-state index in [1.54, 1.807) is 19.1 Å². The van der Waals surface area contributed by atoms with Crippen LogP contribution in [0.2, 0.25) is 0 Å². The summed E-state index contributed by atoms with van der Waals surface area (Å²) in [4.78, 5) is 11.6. The van der Waals surface area contributed by atoms with E-state index in [-0.39, 0.29) is 11.3 Å². The molecular weight excluding hydrogens is 251 g/mol. The second kappa shape index (κ2) is 5.72. The van der Waals surface area contributed by atoms with Gasteiger partial charge in [0.1, 0.15) is 6.61 Å². The third-order valence-corrected chi connectivity index (χ3v) is 2.09. The van der Waals surface area contributed by atoms with Crippen molar-refractivity contribution in [1.29, 1.82) is 0 Å². The van der Waals surface area contributed by atoms with Crippen LogP contribution in [0.4, 0.5) is 18.9 Å². The maximum atomic E-state index is 11.6. The van der Waals surface area contributed by atoms with Gasteiger partial charge in [-0.1, -0.05) is 12.1 Å². The lowest BCUT2D eigenvalue weighted by molar-refractivity contribution is -0.326. The molecule has 0 fully saturated rings. The molecule has 0 aliphatic carbocycles. The SMILES string of the molecule is Cc1cccc(N)c1C(=O)OCCOC(F)(F)F. The molecule has 0 bridgehead atoms. The van der Waals surface area contributed by atoms with Crippen molar-refractivity contribution in [2.24, 2.45) is 0 Å². The van der Waals surface area contributed by atoms with Gasteiger partial charge in [0, 0.05) is 5.69 Å². The number of carbonyl (C=O) groups excluding carboxylic acids is 1. The summed E-state index contributed by atoms with van der Waals surface area (Å²) < 4.78 is 43.1. The van der Waals surface area contributed by atoms with Crippen molar-refractivity contribution >= 4 is 11.7 Å². The van der Waals surface area contributed by atoms with E-state index >= 15 is 0 Å². The minimum Gasteiger partial charge on any atom is -0.460 e. The van der Waals surface area contributed by atoms with Crippen molar-refractivity contribution in [1.82, 2.24) is 0 Å². The Morgan fingerprint density at radius 3 is 2.56 bits per heavy atom. The molecule has 2 N–H and O–H groups in total. The highest BCUT2D eigenvalue weighted by Gasteiger charge is 2.28. The summed E-state index contributed by atoms with van der Waals surface area (Å²) in [6.07, 6.45) is -4.73. The van der Waals surface area contributed by atoms with Crippen molar-refractivity contribution in [2.45, 2.75) is 13.3 Å². The smallest absolute Gasteiger partial charge is 0.460 e. The molecule has 0 aromatic heterocycles. The Bertz CT molecular complexity index is 412. The van der Waals surface area contributed by atoms with Gasteiger partial charge in [-0.2, -0.15) is 0 Å². The number of nitrogen functional groups attached to an aromatic ring is 1. The molecule has 0 heterocycles. The molecule has 0 saturated carbocycles. The normalized spacial score (nSPS) is 11.3. The maximum absolute atomic E-state index is 11.6. The summed E-state index contributed by atoms with van der Waals surface area (Å²) in [6.45, 7) is 0.409. The summed E-state index contributed by atoms with van der Waals surface area (Å²) in [5, 5.41) is 0. The minimum atomic E-state index is -4.73. The first-order valence-corrected chi connectivity index (χ1v) is 5.04. The van der Waals surface area contributed by atoms with Crippen molar-refractivity contribution < 1.29 is 27.4 Å². The van der Waals surface area contributed by atoms with Crippen LogP contribution in [-0.2, 0) is 9.47 Å². The predicted octanol–water partition coefficient (Wildman–Crippen LogP) is 2.27. The summed E-state index contributed by atoms with van der Waals surface area (Å²) in [5.74, 6) is -0.767. The van der Waals surface area contributed by atoms with Gasteiger partial charge in [-0.3, -0.25) is 4.74 Å². The standard InChI is InChI=1S/C11H12F3NO3/c1-7-3-2-4-8(15)9(7)10(16)17-5-6-18-11(12,13)14/h2-4H,5-6,15H2,1H3. The van der Waals surface area contributed by atoms with Crippen LogP contribution in [0.25, 0.3) is 0 Å². The molecule has 1 aromatic carbocycles. The molecule has 0 atom stereocenters. The largest absolute Gasteiger partial charge is 0.522 e. The number of hydrogen-bond acceptors (Lipinski definition) is 4. The van der Waals surface area contributed by atoms with E-state index in [4.69, 9.17) is 5.73 Å². The molecule has 0 amide bonds. The van der Waals surface area contributed by atoms with Gasteiger partial charge in [-0.05, 0) is 18.6 Å². The quantitative estimate of drug-likeness (QED) is 0.514. The molecule has 0 aliphatic heterocycles. The van der Waals surface area contributed by atoms with Crippen LogP contribution in [0.15, 0.2) is 18.2 Å². The van der Waals surface area contributed by atoms with Gasteiger partial charge in [0.2, 0.25) is 0 Å². The van der Waals surface area contributed by atoms with Gasteiger partial charge in [-0.15, -0.1) is 13.2 Å². The maximum Gasteiger partial charge on any atom is 0.522 e. The highest BCUT2D eigenvalue weighted by Crippen LogP contribution is 2.18. The molecule has 0 spiro atoms. The summed E-state index contributed by atoms with van der Waals surface area (Å²) in [6, 6.07) is 4.82. The van der Waals surface area contributed by atoms with E-state index in [9.17, 15) is 18.0 Å². The Balaban J connectivity index is 2.51. The van der Waals surface area contributed by atoms with E-state index in [0.29, 0.717) is 5.56 Å². The van der Waals surface area contributed by atoms with Crippen LogP contribution >= 0.6 is 0 Å².